The minimum atomic E-state index is 0.00997. The van der Waals surface area contributed by atoms with E-state index in [9.17, 15) is 9.59 Å². The molecular formula is C20H29ClN2O2. The highest BCUT2D eigenvalue weighted by molar-refractivity contribution is 6.30. The van der Waals surface area contributed by atoms with Crippen LogP contribution in [0.5, 0.6) is 0 Å². The van der Waals surface area contributed by atoms with Gasteiger partial charge in [-0.3, -0.25) is 9.59 Å². The summed E-state index contributed by atoms with van der Waals surface area (Å²) in [5.74, 6) is 0.813. The molecule has 1 aromatic carbocycles. The number of rotatable bonds is 6. The van der Waals surface area contributed by atoms with Gasteiger partial charge in [-0.2, -0.15) is 0 Å². The summed E-state index contributed by atoms with van der Waals surface area (Å²) in [6.07, 6.45) is 3.58. The van der Waals surface area contributed by atoms with Crippen LogP contribution in [0.25, 0.3) is 0 Å². The maximum absolute atomic E-state index is 12.5. The zero-order valence-corrected chi connectivity index (χ0v) is 16.2. The summed E-state index contributed by atoms with van der Waals surface area (Å²) in [7, 11) is 0. The Bertz CT molecular complexity index is 578. The van der Waals surface area contributed by atoms with Crippen LogP contribution < -0.4 is 5.32 Å². The molecule has 2 amide bonds. The third-order valence-corrected chi connectivity index (χ3v) is 5.06. The lowest BCUT2D eigenvalue weighted by Gasteiger charge is -2.32. The van der Waals surface area contributed by atoms with Gasteiger partial charge in [0.25, 0.3) is 5.91 Å². The Balaban J connectivity index is 1.79. The molecule has 25 heavy (non-hydrogen) atoms. The minimum Gasteiger partial charge on any atom is -0.353 e. The molecular weight excluding hydrogens is 336 g/mol. The topological polar surface area (TPSA) is 49.4 Å². The van der Waals surface area contributed by atoms with Gasteiger partial charge in [-0.25, -0.2) is 0 Å². The van der Waals surface area contributed by atoms with Crippen LogP contribution in [0.15, 0.2) is 24.3 Å². The minimum absolute atomic E-state index is 0.00997. The Morgan fingerprint density at radius 3 is 2.28 bits per heavy atom. The number of carbonyl (C=O) groups excluding carboxylic acids is 2. The maximum atomic E-state index is 12.5. The van der Waals surface area contributed by atoms with E-state index >= 15 is 0 Å². The van der Waals surface area contributed by atoms with E-state index in [1.807, 2.05) is 4.90 Å². The van der Waals surface area contributed by atoms with Gasteiger partial charge in [-0.1, -0.05) is 25.4 Å². The highest BCUT2D eigenvalue weighted by Gasteiger charge is 2.28. The molecule has 1 fully saturated rings. The van der Waals surface area contributed by atoms with Crippen LogP contribution in [0, 0.1) is 11.8 Å². The fourth-order valence-electron chi connectivity index (χ4n) is 3.14. The number of piperidine rings is 1. The van der Waals surface area contributed by atoms with E-state index in [1.165, 1.54) is 0 Å². The summed E-state index contributed by atoms with van der Waals surface area (Å²) >= 11 is 5.87. The monoisotopic (exact) mass is 364 g/mol. The standard InChI is InChI=1S/C20H29ClN2O2/c1-14(2)4-5-15(3)22-19(24)16-10-12-23(13-11-16)20(25)17-6-8-18(21)9-7-17/h6-9,14-16H,4-5,10-13H2,1-3H3,(H,22,24). The number of amides is 2. The van der Waals surface area contributed by atoms with Crippen molar-refractivity contribution in [1.82, 2.24) is 10.2 Å². The molecule has 138 valence electrons. The van der Waals surface area contributed by atoms with Gasteiger partial charge < -0.3 is 10.2 Å². The molecule has 1 aliphatic rings. The zero-order valence-electron chi connectivity index (χ0n) is 15.4. The van der Waals surface area contributed by atoms with Crippen molar-refractivity contribution in [3.05, 3.63) is 34.9 Å². The Morgan fingerprint density at radius 2 is 1.72 bits per heavy atom. The van der Waals surface area contributed by atoms with Crippen molar-refractivity contribution < 1.29 is 9.59 Å². The lowest BCUT2D eigenvalue weighted by Crippen LogP contribution is -2.44. The highest BCUT2D eigenvalue weighted by atomic mass is 35.5. The van der Waals surface area contributed by atoms with Crippen LogP contribution in [-0.4, -0.2) is 35.8 Å². The number of hydrogen-bond donors (Lipinski definition) is 1. The normalized spacial score (nSPS) is 16.8. The molecule has 0 aromatic heterocycles. The van der Waals surface area contributed by atoms with Gasteiger partial charge in [0.15, 0.2) is 0 Å². The molecule has 1 saturated heterocycles. The van der Waals surface area contributed by atoms with E-state index in [-0.39, 0.29) is 23.8 Å². The molecule has 0 bridgehead atoms. The van der Waals surface area contributed by atoms with E-state index in [0.717, 1.165) is 25.7 Å². The number of likely N-dealkylation sites (tertiary alicyclic amines) is 1. The second kappa shape index (κ2) is 9.23. The molecule has 0 spiro atoms. The van der Waals surface area contributed by atoms with E-state index in [4.69, 9.17) is 11.6 Å². The molecule has 0 aliphatic carbocycles. The van der Waals surface area contributed by atoms with Crippen LogP contribution in [0.2, 0.25) is 5.02 Å². The van der Waals surface area contributed by atoms with E-state index in [1.54, 1.807) is 24.3 Å². The number of halogens is 1. The fourth-order valence-corrected chi connectivity index (χ4v) is 3.26. The molecule has 0 saturated carbocycles. The zero-order chi connectivity index (χ0) is 18.4. The van der Waals surface area contributed by atoms with Gasteiger partial charge in [0, 0.05) is 35.6 Å². The van der Waals surface area contributed by atoms with Gasteiger partial charge in [-0.15, -0.1) is 0 Å². The van der Waals surface area contributed by atoms with Crippen molar-refractivity contribution in [2.45, 2.75) is 52.5 Å². The molecule has 1 heterocycles. The van der Waals surface area contributed by atoms with E-state index in [2.05, 4.69) is 26.1 Å². The van der Waals surface area contributed by atoms with E-state index in [0.29, 0.717) is 29.6 Å². The third-order valence-electron chi connectivity index (χ3n) is 4.81. The van der Waals surface area contributed by atoms with Crippen LogP contribution in [0.1, 0.15) is 56.8 Å². The smallest absolute Gasteiger partial charge is 0.253 e. The van der Waals surface area contributed by atoms with E-state index < -0.39 is 0 Å². The van der Waals surface area contributed by atoms with Crippen molar-refractivity contribution in [1.29, 1.82) is 0 Å². The largest absolute Gasteiger partial charge is 0.353 e. The first-order chi connectivity index (χ1) is 11.9. The summed E-state index contributed by atoms with van der Waals surface area (Å²) in [5.41, 5.74) is 0.648. The molecule has 0 radical (unpaired) electrons. The second-order valence-electron chi connectivity index (χ2n) is 7.45. The predicted molar refractivity (Wildman–Crippen MR) is 102 cm³/mol. The van der Waals surface area contributed by atoms with Crippen LogP contribution in [-0.2, 0) is 4.79 Å². The molecule has 2 rings (SSSR count). The summed E-state index contributed by atoms with van der Waals surface area (Å²) in [5, 5.41) is 3.75. The van der Waals surface area contributed by atoms with Crippen molar-refractivity contribution in [2.75, 3.05) is 13.1 Å². The number of nitrogens with zero attached hydrogens (tertiary/aromatic N) is 1. The molecule has 5 heteroatoms. The SMILES string of the molecule is CC(C)CCC(C)NC(=O)C1CCN(C(=O)c2ccc(Cl)cc2)CC1. The first-order valence-corrected chi connectivity index (χ1v) is 9.60. The lowest BCUT2D eigenvalue weighted by molar-refractivity contribution is -0.127. The second-order valence-corrected chi connectivity index (χ2v) is 7.89. The average molecular weight is 365 g/mol. The summed E-state index contributed by atoms with van der Waals surface area (Å²) in [4.78, 5) is 26.7. The fraction of sp³-hybridized carbons (Fsp3) is 0.600. The van der Waals surface area contributed by atoms with Gasteiger partial charge >= 0.3 is 0 Å². The molecule has 1 N–H and O–H groups in total. The molecule has 1 aliphatic heterocycles. The first kappa shape index (κ1) is 19.8. The Morgan fingerprint density at radius 1 is 1.12 bits per heavy atom. The number of hydrogen-bond acceptors (Lipinski definition) is 2. The maximum Gasteiger partial charge on any atom is 0.253 e. The van der Waals surface area contributed by atoms with Crippen LogP contribution in [0.3, 0.4) is 0 Å². The summed E-state index contributed by atoms with van der Waals surface area (Å²) in [6.45, 7) is 7.71. The van der Waals surface area contributed by atoms with Crippen molar-refractivity contribution >= 4 is 23.4 Å². The third kappa shape index (κ3) is 6.03. The average Bonchev–Trinajstić information content (AvgIpc) is 2.60. The number of carbonyl (C=O) groups is 2. The van der Waals surface area contributed by atoms with Crippen molar-refractivity contribution in [3.8, 4) is 0 Å². The van der Waals surface area contributed by atoms with Crippen LogP contribution in [0.4, 0.5) is 0 Å². The summed E-state index contributed by atoms with van der Waals surface area (Å²) in [6, 6.07) is 7.17. The molecule has 4 nitrogen and oxygen atoms in total. The molecule has 1 atom stereocenters. The van der Waals surface area contributed by atoms with Gasteiger partial charge in [-0.05, 0) is 62.8 Å². The number of benzene rings is 1. The van der Waals surface area contributed by atoms with Crippen molar-refractivity contribution in [2.24, 2.45) is 11.8 Å². The van der Waals surface area contributed by atoms with Gasteiger partial charge in [0.2, 0.25) is 5.91 Å². The van der Waals surface area contributed by atoms with Gasteiger partial charge in [0.05, 0.1) is 0 Å². The predicted octanol–water partition coefficient (Wildman–Crippen LogP) is 4.13. The number of nitrogens with one attached hydrogen (secondary N) is 1. The molecule has 1 unspecified atom stereocenters. The first-order valence-electron chi connectivity index (χ1n) is 9.22. The molecule has 1 aromatic rings. The Kier molecular flexibility index (Phi) is 7.30. The van der Waals surface area contributed by atoms with Gasteiger partial charge in [0.1, 0.15) is 0 Å². The Labute approximate surface area is 155 Å². The Hall–Kier alpha value is -1.55. The quantitative estimate of drug-likeness (QED) is 0.824. The highest BCUT2D eigenvalue weighted by Crippen LogP contribution is 2.20. The van der Waals surface area contributed by atoms with Crippen LogP contribution >= 0.6 is 11.6 Å². The van der Waals surface area contributed by atoms with Crippen molar-refractivity contribution in [3.63, 3.8) is 0 Å². The lowest BCUT2D eigenvalue weighted by atomic mass is 9.94. The summed E-state index contributed by atoms with van der Waals surface area (Å²) < 4.78 is 0.